The SMILES string of the molecule is CCCCCC(=O)OC(O)CCCCC. The van der Waals surface area contributed by atoms with Gasteiger partial charge in [-0.05, 0) is 12.8 Å². The molecule has 1 unspecified atom stereocenters. The smallest absolute Gasteiger partial charge is 0.308 e. The third-order valence-corrected chi connectivity index (χ3v) is 2.31. The van der Waals surface area contributed by atoms with Crippen molar-refractivity contribution >= 4 is 5.97 Å². The van der Waals surface area contributed by atoms with E-state index in [0.717, 1.165) is 38.5 Å². The van der Waals surface area contributed by atoms with E-state index in [-0.39, 0.29) is 5.97 Å². The molecule has 0 aliphatic carbocycles. The van der Waals surface area contributed by atoms with Crippen LogP contribution in [0.2, 0.25) is 0 Å². The molecule has 0 saturated heterocycles. The maximum atomic E-state index is 11.2. The number of aliphatic hydroxyl groups is 1. The molecule has 0 aliphatic rings. The molecule has 0 spiro atoms. The summed E-state index contributed by atoms with van der Waals surface area (Å²) < 4.78 is 4.86. The zero-order valence-electron chi connectivity index (χ0n) is 10.00. The van der Waals surface area contributed by atoms with E-state index in [1.807, 2.05) is 0 Å². The van der Waals surface area contributed by atoms with Gasteiger partial charge in [0, 0.05) is 12.8 Å². The van der Waals surface area contributed by atoms with E-state index in [0.29, 0.717) is 12.8 Å². The number of carbonyl (C=O) groups excluding carboxylic acids is 1. The highest BCUT2D eigenvalue weighted by Crippen LogP contribution is 2.07. The van der Waals surface area contributed by atoms with Gasteiger partial charge in [0.15, 0.2) is 0 Å². The van der Waals surface area contributed by atoms with Crippen LogP contribution in [0.3, 0.4) is 0 Å². The summed E-state index contributed by atoms with van der Waals surface area (Å²) in [6.07, 6.45) is 6.18. The van der Waals surface area contributed by atoms with E-state index in [1.165, 1.54) is 0 Å². The fraction of sp³-hybridized carbons (Fsp3) is 0.917. The van der Waals surface area contributed by atoms with E-state index in [1.54, 1.807) is 0 Å². The van der Waals surface area contributed by atoms with Crippen LogP contribution in [-0.4, -0.2) is 17.4 Å². The van der Waals surface area contributed by atoms with Crippen molar-refractivity contribution in [1.82, 2.24) is 0 Å². The van der Waals surface area contributed by atoms with E-state index in [9.17, 15) is 9.90 Å². The summed E-state index contributed by atoms with van der Waals surface area (Å²) in [5.41, 5.74) is 0. The summed E-state index contributed by atoms with van der Waals surface area (Å²) in [7, 11) is 0. The normalized spacial score (nSPS) is 12.5. The summed E-state index contributed by atoms with van der Waals surface area (Å²) in [5.74, 6) is -0.271. The van der Waals surface area contributed by atoms with Crippen molar-refractivity contribution in [1.29, 1.82) is 0 Å². The van der Waals surface area contributed by atoms with E-state index >= 15 is 0 Å². The van der Waals surface area contributed by atoms with Crippen molar-refractivity contribution in [3.05, 3.63) is 0 Å². The highest BCUT2D eigenvalue weighted by molar-refractivity contribution is 5.69. The van der Waals surface area contributed by atoms with Crippen molar-refractivity contribution in [2.45, 2.75) is 71.5 Å². The van der Waals surface area contributed by atoms with Gasteiger partial charge in [-0.15, -0.1) is 0 Å². The lowest BCUT2D eigenvalue weighted by Crippen LogP contribution is -2.17. The first kappa shape index (κ1) is 14.4. The minimum atomic E-state index is -0.898. The van der Waals surface area contributed by atoms with Gasteiger partial charge in [-0.2, -0.15) is 0 Å². The van der Waals surface area contributed by atoms with Gasteiger partial charge >= 0.3 is 5.97 Å². The van der Waals surface area contributed by atoms with Gasteiger partial charge in [-0.1, -0.05) is 39.5 Å². The zero-order valence-corrected chi connectivity index (χ0v) is 10.00. The molecule has 0 amide bonds. The van der Waals surface area contributed by atoms with Crippen LogP contribution in [0.5, 0.6) is 0 Å². The summed E-state index contributed by atoms with van der Waals surface area (Å²) in [5, 5.41) is 9.36. The Labute approximate surface area is 92.8 Å². The molecule has 1 N–H and O–H groups in total. The molecule has 0 rings (SSSR count). The molecule has 0 bridgehead atoms. The molecule has 0 radical (unpaired) electrons. The van der Waals surface area contributed by atoms with Crippen molar-refractivity contribution in [3.8, 4) is 0 Å². The molecule has 0 aromatic carbocycles. The van der Waals surface area contributed by atoms with E-state index in [2.05, 4.69) is 13.8 Å². The first-order chi connectivity index (χ1) is 7.20. The van der Waals surface area contributed by atoms with Crippen LogP contribution in [-0.2, 0) is 9.53 Å². The van der Waals surface area contributed by atoms with Gasteiger partial charge < -0.3 is 9.84 Å². The Kier molecular flexibility index (Phi) is 9.59. The Morgan fingerprint density at radius 1 is 1.13 bits per heavy atom. The highest BCUT2D eigenvalue weighted by Gasteiger charge is 2.09. The zero-order chi connectivity index (χ0) is 11.5. The Morgan fingerprint density at radius 3 is 2.33 bits per heavy atom. The molecule has 3 heteroatoms. The summed E-state index contributed by atoms with van der Waals surface area (Å²) >= 11 is 0. The summed E-state index contributed by atoms with van der Waals surface area (Å²) in [6, 6.07) is 0. The van der Waals surface area contributed by atoms with Gasteiger partial charge in [0.2, 0.25) is 6.29 Å². The molecule has 0 aliphatic heterocycles. The van der Waals surface area contributed by atoms with Crippen LogP contribution in [0.15, 0.2) is 0 Å². The number of aliphatic hydroxyl groups excluding tert-OH is 1. The average Bonchev–Trinajstić information content (AvgIpc) is 2.18. The van der Waals surface area contributed by atoms with Crippen LogP contribution < -0.4 is 0 Å². The monoisotopic (exact) mass is 216 g/mol. The number of esters is 1. The Hall–Kier alpha value is -0.570. The molecule has 15 heavy (non-hydrogen) atoms. The van der Waals surface area contributed by atoms with Crippen LogP contribution in [0, 0.1) is 0 Å². The number of ether oxygens (including phenoxy) is 1. The summed E-state index contributed by atoms with van der Waals surface area (Å²) in [6.45, 7) is 4.19. The largest absolute Gasteiger partial charge is 0.436 e. The van der Waals surface area contributed by atoms with Crippen LogP contribution in [0.1, 0.15) is 65.2 Å². The topological polar surface area (TPSA) is 46.5 Å². The lowest BCUT2D eigenvalue weighted by atomic mass is 10.2. The van der Waals surface area contributed by atoms with Crippen molar-refractivity contribution in [3.63, 3.8) is 0 Å². The molecule has 1 atom stereocenters. The first-order valence-electron chi connectivity index (χ1n) is 6.08. The molecule has 0 aromatic rings. The Morgan fingerprint density at radius 2 is 1.73 bits per heavy atom. The molecule has 0 saturated carbocycles. The van der Waals surface area contributed by atoms with E-state index < -0.39 is 6.29 Å². The first-order valence-corrected chi connectivity index (χ1v) is 6.08. The molecule has 90 valence electrons. The third kappa shape index (κ3) is 9.73. The number of hydrogen-bond donors (Lipinski definition) is 1. The fourth-order valence-electron chi connectivity index (χ4n) is 1.36. The van der Waals surface area contributed by atoms with Gasteiger partial charge in [-0.3, -0.25) is 4.79 Å². The molecular weight excluding hydrogens is 192 g/mol. The van der Waals surface area contributed by atoms with Gasteiger partial charge in [0.05, 0.1) is 0 Å². The second-order valence-electron chi connectivity index (χ2n) is 3.90. The van der Waals surface area contributed by atoms with Crippen LogP contribution in [0.25, 0.3) is 0 Å². The van der Waals surface area contributed by atoms with Gasteiger partial charge in [0.25, 0.3) is 0 Å². The predicted octanol–water partition coefficient (Wildman–Crippen LogP) is 3.01. The van der Waals surface area contributed by atoms with Gasteiger partial charge in [0.1, 0.15) is 0 Å². The Balaban J connectivity index is 3.40. The molecule has 0 heterocycles. The van der Waals surface area contributed by atoms with Crippen LogP contribution in [0.4, 0.5) is 0 Å². The molecule has 0 aromatic heterocycles. The van der Waals surface area contributed by atoms with Crippen molar-refractivity contribution < 1.29 is 14.6 Å². The molecule has 3 nitrogen and oxygen atoms in total. The third-order valence-electron chi connectivity index (χ3n) is 2.31. The minimum Gasteiger partial charge on any atom is -0.436 e. The van der Waals surface area contributed by atoms with Crippen molar-refractivity contribution in [2.75, 3.05) is 0 Å². The number of hydrogen-bond acceptors (Lipinski definition) is 3. The quantitative estimate of drug-likeness (QED) is 0.366. The second-order valence-corrected chi connectivity index (χ2v) is 3.90. The number of unbranched alkanes of at least 4 members (excludes halogenated alkanes) is 4. The number of rotatable bonds is 9. The number of carbonyl (C=O) groups is 1. The standard InChI is InChI=1S/C12H24O3/c1-3-5-7-9-11(13)15-12(14)10-8-6-4-2/h11,13H,3-10H2,1-2H3. The Bertz CT molecular complexity index is 157. The lowest BCUT2D eigenvalue weighted by molar-refractivity contribution is -0.168. The predicted molar refractivity (Wildman–Crippen MR) is 60.4 cm³/mol. The highest BCUT2D eigenvalue weighted by atomic mass is 16.6. The fourth-order valence-corrected chi connectivity index (χ4v) is 1.36. The van der Waals surface area contributed by atoms with Gasteiger partial charge in [-0.25, -0.2) is 0 Å². The second kappa shape index (κ2) is 9.97. The molecular formula is C12H24O3. The lowest BCUT2D eigenvalue weighted by Gasteiger charge is -2.11. The maximum Gasteiger partial charge on any atom is 0.308 e. The van der Waals surface area contributed by atoms with E-state index in [4.69, 9.17) is 4.74 Å². The minimum absolute atomic E-state index is 0.271. The average molecular weight is 216 g/mol. The summed E-state index contributed by atoms with van der Waals surface area (Å²) in [4.78, 5) is 11.2. The van der Waals surface area contributed by atoms with Crippen molar-refractivity contribution in [2.24, 2.45) is 0 Å². The van der Waals surface area contributed by atoms with Crippen LogP contribution >= 0.6 is 0 Å². The molecule has 0 fully saturated rings. The maximum absolute atomic E-state index is 11.2.